The quantitative estimate of drug-likeness (QED) is 0.709. The van der Waals surface area contributed by atoms with Crippen molar-refractivity contribution in [1.29, 1.82) is 0 Å². The van der Waals surface area contributed by atoms with E-state index in [1.54, 1.807) is 6.20 Å². The average molecular weight is 310 g/mol. The van der Waals surface area contributed by atoms with E-state index in [1.807, 2.05) is 12.3 Å². The lowest BCUT2D eigenvalue weighted by atomic mass is 10.3. The Morgan fingerprint density at radius 2 is 2.33 bits per heavy atom. The highest BCUT2D eigenvalue weighted by Gasteiger charge is 2.12. The normalized spacial score (nSPS) is 11.9. The number of thiazole rings is 1. The van der Waals surface area contributed by atoms with E-state index in [-0.39, 0.29) is 25.2 Å². The van der Waals surface area contributed by atoms with Crippen LogP contribution in [-0.4, -0.2) is 37.1 Å². The van der Waals surface area contributed by atoms with E-state index in [0.29, 0.717) is 5.69 Å². The summed E-state index contributed by atoms with van der Waals surface area (Å²) < 4.78 is 1.19. The number of hydrogen-bond donors (Lipinski definition) is 3. The molecular formula is C11H14N6O3S. The van der Waals surface area contributed by atoms with Crippen LogP contribution in [0.5, 0.6) is 0 Å². The van der Waals surface area contributed by atoms with Crippen molar-refractivity contribution in [2.24, 2.45) is 0 Å². The van der Waals surface area contributed by atoms with E-state index >= 15 is 0 Å². The Morgan fingerprint density at radius 3 is 3.00 bits per heavy atom. The Balaban J connectivity index is 1.78. The lowest BCUT2D eigenvalue weighted by Gasteiger charge is -2.11. The summed E-state index contributed by atoms with van der Waals surface area (Å²) in [5.41, 5.74) is 0.480. The summed E-state index contributed by atoms with van der Waals surface area (Å²) in [5, 5.41) is 24.0. The zero-order valence-corrected chi connectivity index (χ0v) is 12.0. The van der Waals surface area contributed by atoms with E-state index < -0.39 is 5.97 Å². The molecule has 0 saturated carbocycles. The highest BCUT2D eigenvalue weighted by atomic mass is 32.1. The van der Waals surface area contributed by atoms with Gasteiger partial charge in [0, 0.05) is 11.6 Å². The average Bonchev–Trinajstić information content (AvgIpc) is 3.06. The number of aliphatic carboxylic acids is 1. The van der Waals surface area contributed by atoms with E-state index in [9.17, 15) is 9.59 Å². The van der Waals surface area contributed by atoms with Gasteiger partial charge in [0.25, 0.3) is 0 Å². The van der Waals surface area contributed by atoms with Gasteiger partial charge >= 0.3 is 12.0 Å². The monoisotopic (exact) mass is 310 g/mol. The number of carbonyl (C=O) groups excluding carboxylic acids is 1. The fourth-order valence-corrected chi connectivity index (χ4v) is 2.21. The molecule has 0 saturated heterocycles. The van der Waals surface area contributed by atoms with Crippen LogP contribution in [0.1, 0.15) is 23.7 Å². The molecule has 3 N–H and O–H groups in total. The second-order valence-corrected chi connectivity index (χ2v) is 5.15. The van der Waals surface area contributed by atoms with Crippen molar-refractivity contribution in [3.05, 3.63) is 28.5 Å². The molecule has 21 heavy (non-hydrogen) atoms. The summed E-state index contributed by atoms with van der Waals surface area (Å²) in [6.45, 7) is 1.73. The van der Waals surface area contributed by atoms with Gasteiger partial charge in [-0.15, -0.1) is 16.4 Å². The number of amides is 2. The van der Waals surface area contributed by atoms with Crippen molar-refractivity contribution in [3.8, 4) is 0 Å². The summed E-state index contributed by atoms with van der Waals surface area (Å²) >= 11 is 1.46. The molecule has 0 radical (unpaired) electrons. The third kappa shape index (κ3) is 4.53. The predicted molar refractivity (Wildman–Crippen MR) is 73.6 cm³/mol. The van der Waals surface area contributed by atoms with Crippen LogP contribution in [0.15, 0.2) is 17.8 Å². The third-order valence-corrected chi connectivity index (χ3v) is 3.44. The SMILES string of the molecule is CC(NC(=O)NCc1cn(CC(=O)O)nn1)c1nccs1. The van der Waals surface area contributed by atoms with Gasteiger partial charge in [-0.05, 0) is 6.92 Å². The number of carbonyl (C=O) groups is 2. The van der Waals surface area contributed by atoms with E-state index in [4.69, 9.17) is 5.11 Å². The van der Waals surface area contributed by atoms with Gasteiger partial charge in [0.15, 0.2) is 0 Å². The fraction of sp³-hybridized carbons (Fsp3) is 0.364. The maximum Gasteiger partial charge on any atom is 0.325 e. The highest BCUT2D eigenvalue weighted by molar-refractivity contribution is 7.09. The molecule has 0 aliphatic heterocycles. The first kappa shape index (κ1) is 14.9. The lowest BCUT2D eigenvalue weighted by molar-refractivity contribution is -0.137. The van der Waals surface area contributed by atoms with Crippen molar-refractivity contribution < 1.29 is 14.7 Å². The Bertz CT molecular complexity index is 611. The molecule has 0 spiro atoms. The van der Waals surface area contributed by atoms with Gasteiger partial charge in [-0.2, -0.15) is 0 Å². The second kappa shape index (κ2) is 6.79. The molecule has 0 bridgehead atoms. The molecule has 0 aromatic carbocycles. The van der Waals surface area contributed by atoms with Crippen LogP contribution >= 0.6 is 11.3 Å². The highest BCUT2D eigenvalue weighted by Crippen LogP contribution is 2.14. The van der Waals surface area contributed by atoms with Gasteiger partial charge < -0.3 is 15.7 Å². The minimum Gasteiger partial charge on any atom is -0.480 e. The number of carboxylic acids is 1. The molecule has 0 aliphatic carbocycles. The summed E-state index contributed by atoms with van der Waals surface area (Å²) in [6.07, 6.45) is 3.15. The molecule has 1 unspecified atom stereocenters. The number of aromatic nitrogens is 4. The van der Waals surface area contributed by atoms with Crippen LogP contribution in [0.3, 0.4) is 0 Å². The number of urea groups is 1. The topological polar surface area (TPSA) is 122 Å². The molecule has 0 aliphatic rings. The molecule has 2 rings (SSSR count). The van der Waals surface area contributed by atoms with Gasteiger partial charge in [-0.25, -0.2) is 14.5 Å². The second-order valence-electron chi connectivity index (χ2n) is 4.22. The zero-order chi connectivity index (χ0) is 15.2. The molecule has 1 atom stereocenters. The van der Waals surface area contributed by atoms with E-state index in [1.165, 1.54) is 22.2 Å². The van der Waals surface area contributed by atoms with Crippen molar-refractivity contribution >= 4 is 23.3 Å². The van der Waals surface area contributed by atoms with Gasteiger partial charge in [0.05, 0.1) is 18.8 Å². The predicted octanol–water partition coefficient (Wildman–Crippen LogP) is 0.380. The number of hydrogen-bond acceptors (Lipinski definition) is 6. The third-order valence-electron chi connectivity index (χ3n) is 2.48. The Kier molecular flexibility index (Phi) is 4.82. The Labute approximate surface area is 124 Å². The van der Waals surface area contributed by atoms with Crippen LogP contribution in [0, 0.1) is 0 Å². The van der Waals surface area contributed by atoms with Crippen LogP contribution < -0.4 is 10.6 Å². The van der Waals surface area contributed by atoms with E-state index in [2.05, 4.69) is 25.9 Å². The number of carboxylic acid groups (broad SMARTS) is 1. The van der Waals surface area contributed by atoms with Crippen molar-refractivity contribution in [2.75, 3.05) is 0 Å². The minimum atomic E-state index is -1.01. The first-order valence-electron chi connectivity index (χ1n) is 6.09. The number of nitrogens with one attached hydrogen (secondary N) is 2. The summed E-state index contributed by atoms with van der Waals surface area (Å²) in [6, 6.07) is -0.543. The standard InChI is InChI=1S/C11H14N6O3S/c1-7(10-12-2-3-21-10)14-11(20)13-4-8-5-17(16-15-8)6-9(18)19/h2-3,5,7H,4,6H2,1H3,(H,18,19)(H2,13,14,20). The molecule has 9 nitrogen and oxygen atoms in total. The first-order valence-corrected chi connectivity index (χ1v) is 6.97. The van der Waals surface area contributed by atoms with Gasteiger partial charge in [-0.1, -0.05) is 5.21 Å². The molecule has 0 fully saturated rings. The van der Waals surface area contributed by atoms with Crippen LogP contribution in [0.2, 0.25) is 0 Å². The summed E-state index contributed by atoms with van der Waals surface area (Å²) in [4.78, 5) is 26.3. The van der Waals surface area contributed by atoms with Crippen LogP contribution in [-0.2, 0) is 17.9 Å². The largest absolute Gasteiger partial charge is 0.480 e. The lowest BCUT2D eigenvalue weighted by Crippen LogP contribution is -2.36. The number of nitrogens with zero attached hydrogens (tertiary/aromatic N) is 4. The molecule has 2 aromatic rings. The van der Waals surface area contributed by atoms with Gasteiger partial charge in [0.1, 0.15) is 17.2 Å². The fourth-order valence-electron chi connectivity index (χ4n) is 1.56. The molecule has 2 heterocycles. The van der Waals surface area contributed by atoms with Gasteiger partial charge in [-0.3, -0.25) is 4.79 Å². The van der Waals surface area contributed by atoms with E-state index in [0.717, 1.165) is 5.01 Å². The summed E-state index contributed by atoms with van der Waals surface area (Å²) in [5.74, 6) is -1.01. The van der Waals surface area contributed by atoms with Crippen LogP contribution in [0.25, 0.3) is 0 Å². The van der Waals surface area contributed by atoms with Crippen LogP contribution in [0.4, 0.5) is 4.79 Å². The van der Waals surface area contributed by atoms with Crippen molar-refractivity contribution in [1.82, 2.24) is 30.6 Å². The molecule has 112 valence electrons. The van der Waals surface area contributed by atoms with Crippen molar-refractivity contribution in [3.63, 3.8) is 0 Å². The molecular weight excluding hydrogens is 296 g/mol. The maximum atomic E-state index is 11.7. The smallest absolute Gasteiger partial charge is 0.325 e. The van der Waals surface area contributed by atoms with Gasteiger partial charge in [0.2, 0.25) is 0 Å². The Hall–Kier alpha value is -2.49. The maximum absolute atomic E-state index is 11.7. The summed E-state index contributed by atoms with van der Waals surface area (Å²) in [7, 11) is 0. The first-order chi connectivity index (χ1) is 10.0. The molecule has 2 amide bonds. The Morgan fingerprint density at radius 1 is 1.52 bits per heavy atom. The molecule has 2 aromatic heterocycles. The number of rotatable bonds is 6. The minimum absolute atomic E-state index is 0.163. The zero-order valence-electron chi connectivity index (χ0n) is 11.2. The molecule has 10 heteroatoms. The van der Waals surface area contributed by atoms with Crippen molar-refractivity contribution in [2.45, 2.75) is 26.1 Å².